The van der Waals surface area contributed by atoms with Gasteiger partial charge in [-0.3, -0.25) is 4.79 Å². The third kappa shape index (κ3) is 6.06. The predicted octanol–water partition coefficient (Wildman–Crippen LogP) is 4.68. The Kier molecular flexibility index (Phi) is 7.69. The van der Waals surface area contributed by atoms with Gasteiger partial charge in [0.2, 0.25) is 0 Å². The van der Waals surface area contributed by atoms with Crippen LogP contribution < -0.4 is 0 Å². The van der Waals surface area contributed by atoms with Gasteiger partial charge in [-0.1, -0.05) is 23.7 Å². The molecule has 1 saturated heterocycles. The average molecular weight is 443 g/mol. The van der Waals surface area contributed by atoms with E-state index in [4.69, 9.17) is 16.9 Å². The Hall–Kier alpha value is -2.42. The van der Waals surface area contributed by atoms with Gasteiger partial charge in [0.1, 0.15) is 18.0 Å². The van der Waals surface area contributed by atoms with Crippen LogP contribution in [0.15, 0.2) is 36.4 Å². The SMILES string of the molecule is Cc1ccc(F)cc1CC(Cc1ccc(C#N)c(Cl)c1)C[C@H]1CCN(C(=O)C(C)O)C1. The van der Waals surface area contributed by atoms with Crippen LogP contribution in [0.2, 0.25) is 5.02 Å². The van der Waals surface area contributed by atoms with Gasteiger partial charge in [0.25, 0.3) is 5.91 Å². The number of rotatable bonds is 7. The number of aliphatic hydroxyl groups is 1. The maximum Gasteiger partial charge on any atom is 0.251 e. The molecule has 1 heterocycles. The number of benzene rings is 2. The van der Waals surface area contributed by atoms with E-state index in [0.29, 0.717) is 29.6 Å². The summed E-state index contributed by atoms with van der Waals surface area (Å²) < 4.78 is 13.9. The Morgan fingerprint density at radius 2 is 2.10 bits per heavy atom. The van der Waals surface area contributed by atoms with E-state index in [1.807, 2.05) is 19.1 Å². The van der Waals surface area contributed by atoms with Crippen molar-refractivity contribution in [1.82, 2.24) is 4.90 Å². The molecule has 2 aromatic carbocycles. The van der Waals surface area contributed by atoms with Gasteiger partial charge in [-0.25, -0.2) is 4.39 Å². The number of nitrogens with zero attached hydrogens (tertiary/aromatic N) is 2. The summed E-state index contributed by atoms with van der Waals surface area (Å²) in [6, 6.07) is 12.5. The van der Waals surface area contributed by atoms with E-state index in [1.165, 1.54) is 13.0 Å². The van der Waals surface area contributed by atoms with Crippen molar-refractivity contribution in [3.8, 4) is 6.07 Å². The van der Waals surface area contributed by atoms with Crippen molar-refractivity contribution >= 4 is 17.5 Å². The molecule has 3 atom stereocenters. The second-order valence-corrected chi connectivity index (χ2v) is 9.03. The molecular weight excluding hydrogens is 415 g/mol. The van der Waals surface area contributed by atoms with Crippen LogP contribution in [0.25, 0.3) is 0 Å². The topological polar surface area (TPSA) is 64.3 Å². The van der Waals surface area contributed by atoms with E-state index in [0.717, 1.165) is 42.4 Å². The number of amides is 1. The molecule has 0 bridgehead atoms. The molecule has 4 nitrogen and oxygen atoms in total. The summed E-state index contributed by atoms with van der Waals surface area (Å²) in [6.07, 6.45) is 2.28. The van der Waals surface area contributed by atoms with Crippen LogP contribution in [0, 0.1) is 35.9 Å². The van der Waals surface area contributed by atoms with Crippen molar-refractivity contribution in [2.75, 3.05) is 13.1 Å². The van der Waals surface area contributed by atoms with Crippen molar-refractivity contribution in [3.05, 3.63) is 69.5 Å². The molecule has 1 fully saturated rings. The smallest absolute Gasteiger partial charge is 0.251 e. The minimum atomic E-state index is -0.981. The lowest BCUT2D eigenvalue weighted by molar-refractivity contribution is -0.138. The highest BCUT2D eigenvalue weighted by Crippen LogP contribution is 2.30. The highest BCUT2D eigenvalue weighted by molar-refractivity contribution is 6.31. The van der Waals surface area contributed by atoms with Crippen LogP contribution in [0.5, 0.6) is 0 Å². The first-order chi connectivity index (χ1) is 14.8. The fourth-order valence-corrected chi connectivity index (χ4v) is 4.73. The zero-order valence-corrected chi connectivity index (χ0v) is 18.7. The Balaban J connectivity index is 1.77. The second kappa shape index (κ2) is 10.3. The molecule has 31 heavy (non-hydrogen) atoms. The minimum absolute atomic E-state index is 0.223. The third-order valence-electron chi connectivity index (χ3n) is 6.12. The van der Waals surface area contributed by atoms with Gasteiger partial charge in [-0.05, 0) is 92.3 Å². The number of aliphatic hydroxyl groups excluding tert-OH is 1. The van der Waals surface area contributed by atoms with Crippen LogP contribution in [-0.2, 0) is 17.6 Å². The Bertz CT molecular complexity index is 986. The largest absolute Gasteiger partial charge is 0.384 e. The minimum Gasteiger partial charge on any atom is -0.384 e. The molecule has 1 amide bonds. The number of likely N-dealkylation sites (tertiary alicyclic amines) is 1. The highest BCUT2D eigenvalue weighted by Gasteiger charge is 2.30. The molecule has 0 aliphatic carbocycles. The molecule has 0 radical (unpaired) electrons. The normalized spacial score (nSPS) is 17.9. The van der Waals surface area contributed by atoms with E-state index >= 15 is 0 Å². The monoisotopic (exact) mass is 442 g/mol. The summed E-state index contributed by atoms with van der Waals surface area (Å²) in [4.78, 5) is 13.9. The van der Waals surface area contributed by atoms with Crippen molar-refractivity contribution in [2.24, 2.45) is 11.8 Å². The van der Waals surface area contributed by atoms with Gasteiger partial charge in [-0.15, -0.1) is 0 Å². The fraction of sp³-hybridized carbons (Fsp3) is 0.440. The van der Waals surface area contributed by atoms with E-state index in [2.05, 4.69) is 6.07 Å². The molecule has 2 unspecified atom stereocenters. The number of aryl methyl sites for hydroxylation is 1. The van der Waals surface area contributed by atoms with Crippen LogP contribution >= 0.6 is 11.6 Å². The number of carbonyl (C=O) groups is 1. The van der Waals surface area contributed by atoms with Crippen molar-refractivity contribution in [2.45, 2.75) is 45.6 Å². The Morgan fingerprint density at radius 3 is 2.77 bits per heavy atom. The van der Waals surface area contributed by atoms with E-state index in [9.17, 15) is 14.3 Å². The van der Waals surface area contributed by atoms with E-state index in [-0.39, 0.29) is 17.6 Å². The zero-order chi connectivity index (χ0) is 22.5. The standard InChI is InChI=1S/C25H28ClFN2O2/c1-16-3-6-23(27)13-22(16)11-20(9-18-4-5-21(14-28)24(26)12-18)10-19-7-8-29(15-19)25(31)17(2)30/h3-6,12-13,17,19-20,30H,7-11,15H2,1-2H3/t17?,19-,20?/m1/s1. The molecule has 1 aliphatic heterocycles. The van der Waals surface area contributed by atoms with E-state index < -0.39 is 6.10 Å². The number of carbonyl (C=O) groups excluding carboxylic acids is 1. The predicted molar refractivity (Wildman–Crippen MR) is 119 cm³/mol. The van der Waals surface area contributed by atoms with E-state index in [1.54, 1.807) is 23.1 Å². The van der Waals surface area contributed by atoms with Gasteiger partial charge >= 0.3 is 0 Å². The summed E-state index contributed by atoms with van der Waals surface area (Å²) in [5, 5.41) is 19.2. The molecular formula is C25H28ClFN2O2. The highest BCUT2D eigenvalue weighted by atomic mass is 35.5. The quantitative estimate of drug-likeness (QED) is 0.677. The van der Waals surface area contributed by atoms with Gasteiger partial charge in [0, 0.05) is 13.1 Å². The molecule has 0 aromatic heterocycles. The summed E-state index contributed by atoms with van der Waals surface area (Å²) in [5.41, 5.74) is 3.53. The van der Waals surface area contributed by atoms with Crippen molar-refractivity contribution < 1.29 is 14.3 Å². The van der Waals surface area contributed by atoms with Gasteiger partial charge in [-0.2, -0.15) is 5.26 Å². The summed E-state index contributed by atoms with van der Waals surface area (Å²) >= 11 is 6.23. The molecule has 164 valence electrons. The van der Waals surface area contributed by atoms with Crippen LogP contribution in [0.1, 0.15) is 42.0 Å². The number of hydrogen-bond acceptors (Lipinski definition) is 3. The third-order valence-corrected chi connectivity index (χ3v) is 6.43. The lowest BCUT2D eigenvalue weighted by atomic mass is 9.83. The second-order valence-electron chi connectivity index (χ2n) is 8.62. The first-order valence-corrected chi connectivity index (χ1v) is 11.0. The lowest BCUT2D eigenvalue weighted by Gasteiger charge is -2.23. The number of hydrogen-bond donors (Lipinski definition) is 1. The fourth-order valence-electron chi connectivity index (χ4n) is 4.48. The molecule has 2 aromatic rings. The maximum atomic E-state index is 13.9. The van der Waals surface area contributed by atoms with Crippen LogP contribution in [-0.4, -0.2) is 35.1 Å². The molecule has 6 heteroatoms. The summed E-state index contributed by atoms with van der Waals surface area (Å²) in [7, 11) is 0. The molecule has 1 N–H and O–H groups in total. The van der Waals surface area contributed by atoms with Crippen molar-refractivity contribution in [1.29, 1.82) is 5.26 Å². The zero-order valence-electron chi connectivity index (χ0n) is 17.9. The average Bonchev–Trinajstić information content (AvgIpc) is 3.18. The van der Waals surface area contributed by atoms with Crippen LogP contribution in [0.3, 0.4) is 0 Å². The summed E-state index contributed by atoms with van der Waals surface area (Å²) in [6.45, 7) is 4.78. The number of halogens is 2. The van der Waals surface area contributed by atoms with Crippen LogP contribution in [0.4, 0.5) is 4.39 Å². The van der Waals surface area contributed by atoms with Gasteiger partial charge in [0.05, 0.1) is 10.6 Å². The lowest BCUT2D eigenvalue weighted by Crippen LogP contribution is -2.36. The first-order valence-electron chi connectivity index (χ1n) is 10.7. The van der Waals surface area contributed by atoms with Gasteiger partial charge < -0.3 is 10.0 Å². The Morgan fingerprint density at radius 1 is 1.32 bits per heavy atom. The molecule has 0 saturated carbocycles. The maximum absolute atomic E-state index is 13.9. The van der Waals surface area contributed by atoms with Crippen molar-refractivity contribution in [3.63, 3.8) is 0 Å². The summed E-state index contributed by atoms with van der Waals surface area (Å²) in [5.74, 6) is 0.0979. The molecule has 1 aliphatic rings. The molecule has 3 rings (SSSR count). The van der Waals surface area contributed by atoms with Gasteiger partial charge in [0.15, 0.2) is 0 Å². The first kappa shape index (κ1) is 23.2. The number of nitriles is 1. The Labute approximate surface area is 188 Å². The molecule has 0 spiro atoms.